The second-order valence-corrected chi connectivity index (χ2v) is 10.00. The molecule has 9 nitrogen and oxygen atoms in total. The van der Waals surface area contributed by atoms with Crippen LogP contribution in [0.4, 0.5) is 11.4 Å². The van der Waals surface area contributed by atoms with E-state index in [0.717, 1.165) is 40.8 Å². The van der Waals surface area contributed by atoms with Gasteiger partial charge in [0.1, 0.15) is 17.6 Å². The molecule has 3 aromatic carbocycles. The zero-order valence-electron chi connectivity index (χ0n) is 24.2. The van der Waals surface area contributed by atoms with Crippen LogP contribution in [0.3, 0.4) is 0 Å². The summed E-state index contributed by atoms with van der Waals surface area (Å²) in [5.74, 6) is -1.57. The number of Topliss-reactive ketones (excluding diaryl/α,β-unsaturated/α-hetero) is 1. The van der Waals surface area contributed by atoms with Gasteiger partial charge in [-0.2, -0.15) is 0 Å². The maximum absolute atomic E-state index is 13.3. The van der Waals surface area contributed by atoms with Gasteiger partial charge in [0.25, 0.3) is 5.91 Å². The van der Waals surface area contributed by atoms with Gasteiger partial charge in [0.2, 0.25) is 6.35 Å². The van der Waals surface area contributed by atoms with E-state index < -0.39 is 24.3 Å². The van der Waals surface area contributed by atoms with Crippen molar-refractivity contribution in [1.29, 1.82) is 0 Å². The molecule has 5 N–H and O–H groups in total. The van der Waals surface area contributed by atoms with Crippen LogP contribution in [0.1, 0.15) is 60.2 Å². The van der Waals surface area contributed by atoms with Gasteiger partial charge in [-0.25, -0.2) is 4.79 Å². The zero-order chi connectivity index (χ0) is 30.1. The fraction of sp³-hybridized carbons (Fsp3) is 0.344. The number of hydrogen-bond donors (Lipinski definition) is 5. The summed E-state index contributed by atoms with van der Waals surface area (Å²) >= 11 is 0. The number of aliphatic hydroxyl groups excluding tert-OH is 1. The van der Waals surface area contributed by atoms with E-state index in [2.05, 4.69) is 35.0 Å². The van der Waals surface area contributed by atoms with Gasteiger partial charge in [-0.3, -0.25) is 9.59 Å². The normalized spacial score (nSPS) is 12.2. The lowest BCUT2D eigenvalue weighted by atomic mass is 10.0. The minimum Gasteiger partial charge on any atom is -0.497 e. The number of hydrogen-bond acceptors (Lipinski definition) is 7. The Kier molecular flexibility index (Phi) is 10.9. The van der Waals surface area contributed by atoms with E-state index in [-0.39, 0.29) is 29.9 Å². The van der Waals surface area contributed by atoms with E-state index in [1.807, 2.05) is 38.1 Å². The standard InChI is InChI=1S/C32H39N3O6/c1-6-8-21-15-19(3)29(20(4)16-21)35-32(40)34-27-17-23(22-9-12-25(41-5)13-10-22)11-14-26(27)30(37)33-28(31(38)39)18-24(36)7-2/h9-17,28,32,34-35,40H,6-8,18H2,1-5H3,(H,33,37)(H,38,39)/t28-,32?/m0/s1. The van der Waals surface area contributed by atoms with Gasteiger partial charge in [0, 0.05) is 18.5 Å². The number of anilines is 2. The highest BCUT2D eigenvalue weighted by atomic mass is 16.5. The van der Waals surface area contributed by atoms with Crippen LogP contribution in [0, 0.1) is 13.8 Å². The lowest BCUT2D eigenvalue weighted by Crippen LogP contribution is -2.42. The molecule has 0 radical (unpaired) electrons. The molecule has 218 valence electrons. The molecule has 41 heavy (non-hydrogen) atoms. The van der Waals surface area contributed by atoms with Crippen LogP contribution in [-0.4, -0.2) is 47.4 Å². The molecule has 0 heterocycles. The summed E-state index contributed by atoms with van der Waals surface area (Å²) in [7, 11) is 1.58. The van der Waals surface area contributed by atoms with Gasteiger partial charge < -0.3 is 30.9 Å². The van der Waals surface area contributed by atoms with Crippen molar-refractivity contribution in [3.05, 3.63) is 76.9 Å². The summed E-state index contributed by atoms with van der Waals surface area (Å²) in [6.45, 7) is 7.69. The zero-order valence-corrected chi connectivity index (χ0v) is 24.2. The fourth-order valence-corrected chi connectivity index (χ4v) is 4.67. The molecule has 0 aliphatic heterocycles. The number of aliphatic hydroxyl groups is 1. The van der Waals surface area contributed by atoms with E-state index in [4.69, 9.17) is 4.74 Å². The second-order valence-electron chi connectivity index (χ2n) is 10.00. The quantitative estimate of drug-likeness (QED) is 0.168. The predicted octanol–water partition coefficient (Wildman–Crippen LogP) is 5.28. The van der Waals surface area contributed by atoms with Gasteiger partial charge in [0.05, 0.1) is 18.4 Å². The molecule has 0 bridgehead atoms. The van der Waals surface area contributed by atoms with Crippen LogP contribution in [0.2, 0.25) is 0 Å². The van der Waals surface area contributed by atoms with E-state index >= 15 is 0 Å². The Morgan fingerprint density at radius 3 is 2.10 bits per heavy atom. The predicted molar refractivity (Wildman–Crippen MR) is 160 cm³/mol. The molecular weight excluding hydrogens is 522 g/mol. The number of methoxy groups -OCH3 is 1. The van der Waals surface area contributed by atoms with E-state index in [0.29, 0.717) is 5.75 Å². The average molecular weight is 562 g/mol. The highest BCUT2D eigenvalue weighted by Crippen LogP contribution is 2.29. The summed E-state index contributed by atoms with van der Waals surface area (Å²) in [6.07, 6.45) is 0.556. The number of carboxylic acid groups (broad SMARTS) is 1. The lowest BCUT2D eigenvalue weighted by molar-refractivity contribution is -0.141. The minimum absolute atomic E-state index is 0.116. The first-order valence-electron chi connectivity index (χ1n) is 13.7. The first kappa shape index (κ1) is 31.2. The van der Waals surface area contributed by atoms with Crippen LogP contribution >= 0.6 is 0 Å². The summed E-state index contributed by atoms with van der Waals surface area (Å²) in [5.41, 5.74) is 5.94. The molecule has 0 saturated heterocycles. The van der Waals surface area contributed by atoms with Crippen molar-refractivity contribution in [2.45, 2.75) is 65.8 Å². The molecule has 0 saturated carbocycles. The Hall–Kier alpha value is -4.37. The third kappa shape index (κ3) is 8.31. The van der Waals surface area contributed by atoms with Gasteiger partial charge in [0.15, 0.2) is 0 Å². The number of aliphatic carboxylic acids is 1. The van der Waals surface area contributed by atoms with Gasteiger partial charge in [-0.1, -0.05) is 50.6 Å². The molecule has 3 aromatic rings. The Balaban J connectivity index is 1.94. The van der Waals surface area contributed by atoms with Crippen LogP contribution in [-0.2, 0) is 16.0 Å². The Morgan fingerprint density at radius 1 is 0.902 bits per heavy atom. The van der Waals surface area contributed by atoms with E-state index in [1.54, 1.807) is 32.2 Å². The summed E-state index contributed by atoms with van der Waals surface area (Å²) in [5, 5.41) is 29.1. The monoisotopic (exact) mass is 561 g/mol. The number of nitrogens with one attached hydrogen (secondary N) is 3. The molecule has 1 amide bonds. The van der Waals surface area contributed by atoms with Crippen molar-refractivity contribution in [2.75, 3.05) is 17.7 Å². The summed E-state index contributed by atoms with van der Waals surface area (Å²) < 4.78 is 5.24. The number of ketones is 1. The molecule has 2 atom stereocenters. The number of aryl methyl sites for hydroxylation is 3. The third-order valence-corrected chi connectivity index (χ3v) is 6.82. The lowest BCUT2D eigenvalue weighted by Gasteiger charge is -2.23. The number of amides is 1. The molecule has 0 aromatic heterocycles. The van der Waals surface area contributed by atoms with Gasteiger partial charge in [-0.05, 0) is 72.4 Å². The number of benzene rings is 3. The number of rotatable bonds is 14. The molecule has 0 aliphatic carbocycles. The van der Waals surface area contributed by atoms with E-state index in [9.17, 15) is 24.6 Å². The molecule has 9 heteroatoms. The first-order chi connectivity index (χ1) is 19.6. The van der Waals surface area contributed by atoms with Crippen LogP contribution in [0.5, 0.6) is 5.75 Å². The van der Waals surface area contributed by atoms with Crippen molar-refractivity contribution < 1.29 is 29.3 Å². The number of ether oxygens (including phenoxy) is 1. The second kappa shape index (κ2) is 14.3. The Morgan fingerprint density at radius 2 is 1.54 bits per heavy atom. The van der Waals surface area contributed by atoms with Crippen LogP contribution in [0.15, 0.2) is 54.6 Å². The summed E-state index contributed by atoms with van der Waals surface area (Å²) in [4.78, 5) is 37.0. The van der Waals surface area contributed by atoms with Crippen molar-refractivity contribution in [3.8, 4) is 16.9 Å². The maximum Gasteiger partial charge on any atom is 0.326 e. The molecule has 1 unspecified atom stereocenters. The Labute approximate surface area is 240 Å². The van der Waals surface area contributed by atoms with Crippen molar-refractivity contribution >= 4 is 29.0 Å². The van der Waals surface area contributed by atoms with Crippen LogP contribution < -0.4 is 20.7 Å². The van der Waals surface area contributed by atoms with Gasteiger partial charge >= 0.3 is 5.97 Å². The largest absolute Gasteiger partial charge is 0.497 e. The molecule has 0 aliphatic rings. The molecular formula is C32H39N3O6. The third-order valence-electron chi connectivity index (χ3n) is 6.82. The SMILES string of the molecule is CCCc1cc(C)c(NC(O)Nc2cc(-c3ccc(OC)cc3)ccc2C(=O)N[C@@H](CC(=O)CC)C(=O)O)c(C)c1. The van der Waals surface area contributed by atoms with Crippen LogP contribution in [0.25, 0.3) is 11.1 Å². The maximum atomic E-state index is 13.3. The van der Waals surface area contributed by atoms with Crippen molar-refractivity contribution in [2.24, 2.45) is 0 Å². The number of carbonyl (C=O) groups is 3. The highest BCUT2D eigenvalue weighted by molar-refractivity contribution is 6.02. The fourth-order valence-electron chi connectivity index (χ4n) is 4.67. The van der Waals surface area contributed by atoms with Crippen molar-refractivity contribution in [1.82, 2.24) is 5.32 Å². The molecule has 3 rings (SSSR count). The molecule has 0 spiro atoms. The first-order valence-corrected chi connectivity index (χ1v) is 13.7. The topological polar surface area (TPSA) is 137 Å². The number of carbonyl (C=O) groups excluding carboxylic acids is 2. The minimum atomic E-state index is -1.38. The van der Waals surface area contributed by atoms with E-state index in [1.165, 1.54) is 5.56 Å². The average Bonchev–Trinajstić information content (AvgIpc) is 2.94. The Bertz CT molecular complexity index is 1360. The number of carboxylic acids is 1. The summed E-state index contributed by atoms with van der Waals surface area (Å²) in [6, 6.07) is 15.1. The highest BCUT2D eigenvalue weighted by Gasteiger charge is 2.25. The molecule has 0 fully saturated rings. The smallest absolute Gasteiger partial charge is 0.326 e. The van der Waals surface area contributed by atoms with Gasteiger partial charge in [-0.15, -0.1) is 0 Å². The van der Waals surface area contributed by atoms with Crippen molar-refractivity contribution in [3.63, 3.8) is 0 Å².